The van der Waals surface area contributed by atoms with E-state index >= 15 is 0 Å². The molecule has 0 aliphatic carbocycles. The maximum atomic E-state index is 12.6. The van der Waals surface area contributed by atoms with Gasteiger partial charge in [0.05, 0.1) is 30.8 Å². The van der Waals surface area contributed by atoms with Crippen molar-refractivity contribution in [3.05, 3.63) is 84.9 Å². The Morgan fingerprint density at radius 3 is 2.30 bits per heavy atom. The van der Waals surface area contributed by atoms with Crippen LogP contribution in [0.3, 0.4) is 0 Å². The molecule has 1 aromatic heterocycles. The zero-order valence-electron chi connectivity index (χ0n) is 20.6. The summed E-state index contributed by atoms with van der Waals surface area (Å²) < 4.78 is 16.0. The first-order chi connectivity index (χ1) is 18.1. The van der Waals surface area contributed by atoms with Gasteiger partial charge in [-0.15, -0.1) is 0 Å². The van der Waals surface area contributed by atoms with Gasteiger partial charge >= 0.3 is 5.97 Å². The number of anilines is 1. The number of ether oxygens (including phenoxy) is 3. The predicted molar refractivity (Wildman–Crippen MR) is 142 cm³/mol. The molecule has 186 valence electrons. The normalized spacial score (nSPS) is 12.5. The van der Waals surface area contributed by atoms with Gasteiger partial charge in [-0.3, -0.25) is 14.5 Å². The van der Waals surface area contributed by atoms with Gasteiger partial charge in [-0.05, 0) is 60.5 Å². The largest absolute Gasteiger partial charge is 0.497 e. The molecular weight excluding hydrogens is 468 g/mol. The number of benzene rings is 3. The first kappa shape index (κ1) is 24.1. The number of rotatable bonds is 7. The minimum absolute atomic E-state index is 0.130. The fraction of sp³-hybridized carbons (Fsp3) is 0.167. The van der Waals surface area contributed by atoms with Crippen LogP contribution >= 0.6 is 0 Å². The molecule has 7 heteroatoms. The van der Waals surface area contributed by atoms with Crippen molar-refractivity contribution < 1.29 is 23.8 Å². The molecule has 0 radical (unpaired) electrons. The van der Waals surface area contributed by atoms with E-state index in [1.165, 1.54) is 4.90 Å². The third kappa shape index (κ3) is 5.16. The Kier molecular flexibility index (Phi) is 6.85. The van der Waals surface area contributed by atoms with E-state index in [4.69, 9.17) is 19.2 Å². The summed E-state index contributed by atoms with van der Waals surface area (Å²) in [7, 11) is 1.64. The van der Waals surface area contributed by atoms with Crippen molar-refractivity contribution in [2.24, 2.45) is 0 Å². The van der Waals surface area contributed by atoms with Gasteiger partial charge in [0.25, 0.3) is 5.91 Å². The Hall–Kier alpha value is -4.65. The number of esters is 1. The zero-order chi connectivity index (χ0) is 25.8. The SMILES string of the molecule is CCOC(=O)CN1C(=O)COc2ccc(-c3cc(-c4ccc(OC)cc4)cc(-c4ccccc4)n3)cc21. The second-order valence-electron chi connectivity index (χ2n) is 8.48. The molecule has 1 amide bonds. The van der Waals surface area contributed by atoms with Gasteiger partial charge in [-0.25, -0.2) is 4.98 Å². The van der Waals surface area contributed by atoms with Crippen LogP contribution in [0.15, 0.2) is 84.9 Å². The molecule has 0 N–H and O–H groups in total. The van der Waals surface area contributed by atoms with Crippen molar-refractivity contribution in [2.45, 2.75) is 6.92 Å². The number of hydrogen-bond acceptors (Lipinski definition) is 6. The molecule has 5 rings (SSSR count). The summed E-state index contributed by atoms with van der Waals surface area (Å²) >= 11 is 0. The monoisotopic (exact) mass is 494 g/mol. The molecule has 3 aromatic carbocycles. The highest BCUT2D eigenvalue weighted by Gasteiger charge is 2.28. The van der Waals surface area contributed by atoms with Crippen LogP contribution in [0.5, 0.6) is 11.5 Å². The molecule has 1 aliphatic heterocycles. The van der Waals surface area contributed by atoms with Crippen LogP contribution in [0.1, 0.15) is 6.92 Å². The molecule has 0 saturated heterocycles. The number of carbonyl (C=O) groups excluding carboxylic acids is 2. The molecule has 0 spiro atoms. The van der Waals surface area contributed by atoms with E-state index < -0.39 is 5.97 Å². The molecule has 4 aromatic rings. The van der Waals surface area contributed by atoms with Gasteiger partial charge in [-0.1, -0.05) is 42.5 Å². The molecule has 0 fully saturated rings. The molecule has 0 unspecified atom stereocenters. The first-order valence-electron chi connectivity index (χ1n) is 12.0. The van der Waals surface area contributed by atoms with E-state index in [9.17, 15) is 9.59 Å². The number of aromatic nitrogens is 1. The van der Waals surface area contributed by atoms with Crippen LogP contribution in [0.2, 0.25) is 0 Å². The predicted octanol–water partition coefficient (Wildman–Crippen LogP) is 5.38. The topological polar surface area (TPSA) is 78.0 Å². The molecule has 0 atom stereocenters. The number of amides is 1. The van der Waals surface area contributed by atoms with E-state index in [0.717, 1.165) is 39.4 Å². The van der Waals surface area contributed by atoms with Gasteiger partial charge in [0.1, 0.15) is 18.0 Å². The minimum Gasteiger partial charge on any atom is -0.497 e. The van der Waals surface area contributed by atoms with Crippen molar-refractivity contribution in [3.8, 4) is 45.1 Å². The maximum Gasteiger partial charge on any atom is 0.326 e. The van der Waals surface area contributed by atoms with Crippen LogP contribution in [-0.2, 0) is 14.3 Å². The smallest absolute Gasteiger partial charge is 0.326 e. The first-order valence-corrected chi connectivity index (χ1v) is 12.0. The van der Waals surface area contributed by atoms with Crippen molar-refractivity contribution in [1.82, 2.24) is 4.98 Å². The third-order valence-electron chi connectivity index (χ3n) is 6.11. The highest BCUT2D eigenvalue weighted by Crippen LogP contribution is 2.37. The quantitative estimate of drug-likeness (QED) is 0.321. The van der Waals surface area contributed by atoms with E-state index in [2.05, 4.69) is 6.07 Å². The Morgan fingerprint density at radius 2 is 1.59 bits per heavy atom. The second-order valence-corrected chi connectivity index (χ2v) is 8.48. The Balaban J connectivity index is 1.61. The Labute approximate surface area is 215 Å². The fourth-order valence-corrected chi connectivity index (χ4v) is 4.26. The number of methoxy groups -OCH3 is 1. The fourth-order valence-electron chi connectivity index (χ4n) is 4.26. The third-order valence-corrected chi connectivity index (χ3v) is 6.11. The molecule has 0 saturated carbocycles. The molecule has 37 heavy (non-hydrogen) atoms. The van der Waals surface area contributed by atoms with Crippen LogP contribution in [0, 0.1) is 0 Å². The lowest BCUT2D eigenvalue weighted by atomic mass is 9.99. The number of pyridine rings is 1. The van der Waals surface area contributed by atoms with Gasteiger partial charge in [0.15, 0.2) is 6.61 Å². The van der Waals surface area contributed by atoms with Gasteiger partial charge in [0, 0.05) is 11.1 Å². The number of fused-ring (bicyclic) bond motifs is 1. The Bertz CT molecular complexity index is 1430. The lowest BCUT2D eigenvalue weighted by Gasteiger charge is -2.29. The van der Waals surface area contributed by atoms with Crippen LogP contribution in [-0.4, -0.2) is 43.7 Å². The summed E-state index contributed by atoms with van der Waals surface area (Å²) in [6.07, 6.45) is 0. The molecule has 2 heterocycles. The summed E-state index contributed by atoms with van der Waals surface area (Å²) in [5.74, 6) is 0.535. The highest BCUT2D eigenvalue weighted by atomic mass is 16.5. The van der Waals surface area contributed by atoms with Gasteiger partial charge in [-0.2, -0.15) is 0 Å². The van der Waals surface area contributed by atoms with Crippen molar-refractivity contribution in [1.29, 1.82) is 0 Å². The van der Waals surface area contributed by atoms with E-state index in [1.807, 2.05) is 72.8 Å². The summed E-state index contributed by atoms with van der Waals surface area (Å²) in [4.78, 5) is 31.2. The average Bonchev–Trinajstić information content (AvgIpc) is 2.95. The van der Waals surface area contributed by atoms with Gasteiger partial charge in [0.2, 0.25) is 0 Å². The summed E-state index contributed by atoms with van der Waals surface area (Å²) in [6.45, 7) is 1.67. The second kappa shape index (κ2) is 10.5. The minimum atomic E-state index is -0.472. The molecule has 0 bridgehead atoms. The highest BCUT2D eigenvalue weighted by molar-refractivity contribution is 6.02. The molecule has 7 nitrogen and oxygen atoms in total. The molecular formula is C30H26N2O5. The summed E-state index contributed by atoms with van der Waals surface area (Å²) in [6, 6.07) is 27.4. The van der Waals surface area contributed by atoms with Crippen LogP contribution in [0.4, 0.5) is 5.69 Å². The maximum absolute atomic E-state index is 12.6. The lowest BCUT2D eigenvalue weighted by molar-refractivity contribution is -0.142. The summed E-state index contributed by atoms with van der Waals surface area (Å²) in [5, 5.41) is 0. The Morgan fingerprint density at radius 1 is 0.892 bits per heavy atom. The van der Waals surface area contributed by atoms with Crippen molar-refractivity contribution in [2.75, 3.05) is 31.8 Å². The van der Waals surface area contributed by atoms with Crippen molar-refractivity contribution in [3.63, 3.8) is 0 Å². The summed E-state index contributed by atoms with van der Waals surface area (Å²) in [5.41, 5.74) is 5.83. The van der Waals surface area contributed by atoms with Gasteiger partial charge < -0.3 is 14.2 Å². The number of nitrogens with zero attached hydrogens (tertiary/aromatic N) is 2. The van der Waals surface area contributed by atoms with Crippen LogP contribution < -0.4 is 14.4 Å². The lowest BCUT2D eigenvalue weighted by Crippen LogP contribution is -2.42. The van der Waals surface area contributed by atoms with E-state index in [-0.39, 0.29) is 25.7 Å². The zero-order valence-corrected chi connectivity index (χ0v) is 20.6. The van der Waals surface area contributed by atoms with E-state index in [0.29, 0.717) is 11.4 Å². The van der Waals surface area contributed by atoms with Crippen LogP contribution in [0.25, 0.3) is 33.6 Å². The van der Waals surface area contributed by atoms with Crippen molar-refractivity contribution >= 4 is 17.6 Å². The number of carbonyl (C=O) groups is 2. The molecule has 1 aliphatic rings. The van der Waals surface area contributed by atoms with E-state index in [1.54, 1.807) is 20.1 Å². The number of hydrogen-bond donors (Lipinski definition) is 0. The average molecular weight is 495 g/mol. The standard InChI is InChI=1S/C30H26N2O5/c1-3-36-30(34)18-32-27-17-22(11-14-28(27)37-19-29(32)33)26-16-23(20-9-12-24(35-2)13-10-20)15-25(31-26)21-7-5-4-6-8-21/h4-17H,3,18-19H2,1-2H3.